The molecule has 128 valence electrons. The molecular formula is C17H23N5O2. The summed E-state index contributed by atoms with van der Waals surface area (Å²) < 4.78 is 0. The van der Waals surface area contributed by atoms with Crippen molar-refractivity contribution in [2.75, 3.05) is 18.4 Å². The third kappa shape index (κ3) is 5.19. The Hall–Kier alpha value is -2.70. The van der Waals surface area contributed by atoms with Crippen molar-refractivity contribution in [1.82, 2.24) is 20.3 Å². The second-order valence-corrected chi connectivity index (χ2v) is 6.05. The number of hydrogen-bond acceptors (Lipinski definition) is 5. The van der Waals surface area contributed by atoms with E-state index in [4.69, 9.17) is 0 Å². The van der Waals surface area contributed by atoms with Crippen LogP contribution in [-0.4, -0.2) is 33.9 Å². The second-order valence-electron chi connectivity index (χ2n) is 6.05. The third-order valence-corrected chi connectivity index (χ3v) is 3.37. The molecule has 0 fully saturated rings. The van der Waals surface area contributed by atoms with Gasteiger partial charge >= 0.3 is 5.69 Å². The van der Waals surface area contributed by atoms with Crippen molar-refractivity contribution in [1.29, 1.82) is 0 Å². The highest BCUT2D eigenvalue weighted by molar-refractivity contribution is 5.92. The Kier molecular flexibility index (Phi) is 6.06. The smallest absolute Gasteiger partial charge is 0.345 e. The zero-order valence-electron chi connectivity index (χ0n) is 14.2. The number of aromatic amines is 1. The molecule has 2 aromatic heterocycles. The maximum Gasteiger partial charge on any atom is 0.345 e. The SMILES string of the molecule is Cc1cccnc1NCCNC(=O)c1cc(CC(C)C)[nH]c(=O)n1. The fourth-order valence-electron chi connectivity index (χ4n) is 2.29. The Bertz CT molecular complexity index is 755. The molecule has 0 aliphatic carbocycles. The molecule has 0 atom stereocenters. The Morgan fingerprint density at radius 3 is 2.83 bits per heavy atom. The average Bonchev–Trinajstić information content (AvgIpc) is 2.51. The summed E-state index contributed by atoms with van der Waals surface area (Å²) in [6, 6.07) is 5.47. The zero-order valence-corrected chi connectivity index (χ0v) is 14.2. The Morgan fingerprint density at radius 1 is 1.33 bits per heavy atom. The zero-order chi connectivity index (χ0) is 17.5. The van der Waals surface area contributed by atoms with Crippen LogP contribution >= 0.6 is 0 Å². The lowest BCUT2D eigenvalue weighted by atomic mass is 10.1. The number of anilines is 1. The van der Waals surface area contributed by atoms with E-state index < -0.39 is 5.69 Å². The van der Waals surface area contributed by atoms with Crippen molar-refractivity contribution < 1.29 is 4.79 Å². The standard InChI is InChI=1S/C17H23N5O2/c1-11(2)9-13-10-14(22-17(24)21-13)16(23)20-8-7-19-15-12(3)5-4-6-18-15/h4-6,10-11H,7-9H2,1-3H3,(H,18,19)(H,20,23)(H,21,22,24). The van der Waals surface area contributed by atoms with Crippen LogP contribution in [0.25, 0.3) is 0 Å². The number of aryl methyl sites for hydroxylation is 1. The summed E-state index contributed by atoms with van der Waals surface area (Å²) in [6.07, 6.45) is 2.41. The van der Waals surface area contributed by atoms with Gasteiger partial charge in [0.15, 0.2) is 0 Å². The van der Waals surface area contributed by atoms with Crippen molar-refractivity contribution in [2.24, 2.45) is 5.92 Å². The Balaban J connectivity index is 1.89. The molecule has 0 aromatic carbocycles. The highest BCUT2D eigenvalue weighted by Gasteiger charge is 2.10. The van der Waals surface area contributed by atoms with E-state index in [1.807, 2.05) is 32.9 Å². The number of rotatable bonds is 7. The van der Waals surface area contributed by atoms with Crippen LogP contribution in [-0.2, 0) is 6.42 Å². The summed E-state index contributed by atoms with van der Waals surface area (Å²) in [5.41, 5.74) is 1.40. The predicted octanol–water partition coefficient (Wildman–Crippen LogP) is 1.51. The quantitative estimate of drug-likeness (QED) is 0.669. The molecule has 0 radical (unpaired) electrons. The molecule has 0 bridgehead atoms. The van der Waals surface area contributed by atoms with E-state index in [0.29, 0.717) is 25.4 Å². The molecule has 0 saturated heterocycles. The van der Waals surface area contributed by atoms with Gasteiger partial charge in [0.25, 0.3) is 5.91 Å². The minimum atomic E-state index is -0.500. The van der Waals surface area contributed by atoms with Crippen LogP contribution in [0.5, 0.6) is 0 Å². The highest BCUT2D eigenvalue weighted by atomic mass is 16.2. The van der Waals surface area contributed by atoms with Gasteiger partial charge in [-0.25, -0.2) is 9.78 Å². The van der Waals surface area contributed by atoms with Gasteiger partial charge in [0.05, 0.1) is 0 Å². The highest BCUT2D eigenvalue weighted by Crippen LogP contribution is 2.08. The van der Waals surface area contributed by atoms with Gasteiger partial charge in [0.1, 0.15) is 11.5 Å². The molecule has 7 nitrogen and oxygen atoms in total. The lowest BCUT2D eigenvalue weighted by Gasteiger charge is -2.09. The summed E-state index contributed by atoms with van der Waals surface area (Å²) in [5, 5.41) is 5.91. The number of H-pyrrole nitrogens is 1. The van der Waals surface area contributed by atoms with E-state index in [0.717, 1.165) is 17.1 Å². The van der Waals surface area contributed by atoms with E-state index in [1.54, 1.807) is 12.3 Å². The average molecular weight is 329 g/mol. The van der Waals surface area contributed by atoms with Crippen molar-refractivity contribution in [3.05, 3.63) is 51.8 Å². The van der Waals surface area contributed by atoms with Gasteiger partial charge in [-0.1, -0.05) is 19.9 Å². The number of hydrogen-bond donors (Lipinski definition) is 3. The van der Waals surface area contributed by atoms with E-state index in [-0.39, 0.29) is 11.6 Å². The summed E-state index contributed by atoms with van der Waals surface area (Å²) in [5.74, 6) is 0.815. The number of pyridine rings is 1. The van der Waals surface area contributed by atoms with Crippen molar-refractivity contribution in [2.45, 2.75) is 27.2 Å². The first-order valence-corrected chi connectivity index (χ1v) is 7.99. The summed E-state index contributed by atoms with van der Waals surface area (Å²) in [6.45, 7) is 6.99. The van der Waals surface area contributed by atoms with Crippen LogP contribution in [0.15, 0.2) is 29.2 Å². The van der Waals surface area contributed by atoms with Crippen LogP contribution < -0.4 is 16.3 Å². The molecule has 24 heavy (non-hydrogen) atoms. The summed E-state index contributed by atoms with van der Waals surface area (Å²) in [7, 11) is 0. The first kappa shape index (κ1) is 17.7. The topological polar surface area (TPSA) is 99.8 Å². The Morgan fingerprint density at radius 2 is 2.12 bits per heavy atom. The largest absolute Gasteiger partial charge is 0.368 e. The third-order valence-electron chi connectivity index (χ3n) is 3.37. The van der Waals surface area contributed by atoms with Crippen LogP contribution in [0.2, 0.25) is 0 Å². The van der Waals surface area contributed by atoms with Crippen LogP contribution in [0.3, 0.4) is 0 Å². The molecule has 0 saturated carbocycles. The van der Waals surface area contributed by atoms with E-state index >= 15 is 0 Å². The van der Waals surface area contributed by atoms with E-state index in [2.05, 4.69) is 25.6 Å². The lowest BCUT2D eigenvalue weighted by Crippen LogP contribution is -2.31. The molecule has 0 aliphatic rings. The number of amides is 1. The molecule has 2 rings (SSSR count). The molecule has 0 spiro atoms. The number of carbonyl (C=O) groups is 1. The number of nitrogens with one attached hydrogen (secondary N) is 3. The monoisotopic (exact) mass is 329 g/mol. The second kappa shape index (κ2) is 8.24. The van der Waals surface area contributed by atoms with Gasteiger partial charge < -0.3 is 15.6 Å². The summed E-state index contributed by atoms with van der Waals surface area (Å²) >= 11 is 0. The lowest BCUT2D eigenvalue weighted by molar-refractivity contribution is 0.0949. The molecule has 0 aliphatic heterocycles. The van der Waals surface area contributed by atoms with Crippen LogP contribution in [0.1, 0.15) is 35.6 Å². The minimum Gasteiger partial charge on any atom is -0.368 e. The van der Waals surface area contributed by atoms with E-state index in [1.165, 1.54) is 0 Å². The molecule has 0 unspecified atom stereocenters. The van der Waals surface area contributed by atoms with Crippen molar-refractivity contribution >= 4 is 11.7 Å². The van der Waals surface area contributed by atoms with Crippen LogP contribution in [0, 0.1) is 12.8 Å². The van der Waals surface area contributed by atoms with E-state index in [9.17, 15) is 9.59 Å². The van der Waals surface area contributed by atoms with Gasteiger partial charge in [-0.2, -0.15) is 4.98 Å². The van der Waals surface area contributed by atoms with Gasteiger partial charge in [0.2, 0.25) is 0 Å². The number of nitrogens with zero attached hydrogens (tertiary/aromatic N) is 2. The summed E-state index contributed by atoms with van der Waals surface area (Å²) in [4.78, 5) is 34.3. The maximum atomic E-state index is 12.1. The van der Waals surface area contributed by atoms with Gasteiger partial charge in [-0.15, -0.1) is 0 Å². The number of aromatic nitrogens is 3. The van der Waals surface area contributed by atoms with Gasteiger partial charge in [0, 0.05) is 25.0 Å². The predicted molar refractivity (Wildman–Crippen MR) is 93.2 cm³/mol. The Labute approximate surface area is 140 Å². The van der Waals surface area contributed by atoms with Crippen LogP contribution in [0.4, 0.5) is 5.82 Å². The van der Waals surface area contributed by atoms with Crippen molar-refractivity contribution in [3.8, 4) is 0 Å². The van der Waals surface area contributed by atoms with Gasteiger partial charge in [-0.05, 0) is 37.0 Å². The molecule has 2 heterocycles. The number of carbonyl (C=O) groups excluding carboxylic acids is 1. The fourth-order valence-corrected chi connectivity index (χ4v) is 2.29. The fraction of sp³-hybridized carbons (Fsp3) is 0.412. The molecule has 3 N–H and O–H groups in total. The molecule has 2 aromatic rings. The molecule has 1 amide bonds. The van der Waals surface area contributed by atoms with Crippen molar-refractivity contribution in [3.63, 3.8) is 0 Å². The molecular weight excluding hydrogens is 306 g/mol. The first-order chi connectivity index (χ1) is 11.5. The normalized spacial score (nSPS) is 10.7. The minimum absolute atomic E-state index is 0.142. The van der Waals surface area contributed by atoms with Gasteiger partial charge in [-0.3, -0.25) is 4.79 Å². The molecule has 7 heteroatoms. The maximum absolute atomic E-state index is 12.1. The first-order valence-electron chi connectivity index (χ1n) is 7.99.